The lowest BCUT2D eigenvalue weighted by Crippen LogP contribution is -2.29. The second-order valence-electron chi connectivity index (χ2n) is 4.15. The van der Waals surface area contributed by atoms with E-state index in [2.05, 4.69) is 20.8 Å². The lowest BCUT2D eigenvalue weighted by Gasteiger charge is -2.09. The summed E-state index contributed by atoms with van der Waals surface area (Å²) in [4.78, 5) is 11.4. The molecule has 0 amide bonds. The smallest absolute Gasteiger partial charge is 0.149 e. The van der Waals surface area contributed by atoms with Crippen molar-refractivity contribution in [2.75, 3.05) is 0 Å². The maximum absolute atomic E-state index is 11.4. The van der Waals surface area contributed by atoms with Crippen molar-refractivity contribution in [2.24, 2.45) is 11.7 Å². The molecule has 1 unspecified atom stereocenters. The van der Waals surface area contributed by atoms with E-state index in [1.807, 2.05) is 0 Å². The summed E-state index contributed by atoms with van der Waals surface area (Å²) in [6.07, 6.45) is 4.62. The van der Waals surface area contributed by atoms with Gasteiger partial charge in [0.1, 0.15) is 5.78 Å². The van der Waals surface area contributed by atoms with Crippen molar-refractivity contribution in [3.05, 3.63) is 0 Å². The molecule has 0 aromatic heterocycles. The van der Waals surface area contributed by atoms with Crippen LogP contribution in [0.4, 0.5) is 0 Å². The minimum Gasteiger partial charge on any atom is -0.322 e. The predicted molar refractivity (Wildman–Crippen MR) is 56.6 cm³/mol. The molecule has 0 heterocycles. The first-order valence-electron chi connectivity index (χ1n) is 5.36. The Bertz CT molecular complexity index is 143. The van der Waals surface area contributed by atoms with Gasteiger partial charge in [0.25, 0.3) is 0 Å². The number of carbonyl (C=O) groups excluding carboxylic acids is 1. The van der Waals surface area contributed by atoms with E-state index in [1.165, 1.54) is 0 Å². The van der Waals surface area contributed by atoms with E-state index < -0.39 is 0 Å². The summed E-state index contributed by atoms with van der Waals surface area (Å²) < 4.78 is 0. The van der Waals surface area contributed by atoms with Crippen molar-refractivity contribution in [1.29, 1.82) is 0 Å². The quantitative estimate of drug-likeness (QED) is 0.662. The number of rotatable bonds is 7. The van der Waals surface area contributed by atoms with E-state index in [0.29, 0.717) is 12.3 Å². The first-order valence-corrected chi connectivity index (χ1v) is 5.36. The fourth-order valence-corrected chi connectivity index (χ4v) is 1.34. The van der Waals surface area contributed by atoms with E-state index in [-0.39, 0.29) is 11.8 Å². The Morgan fingerprint density at radius 2 is 1.92 bits per heavy atom. The van der Waals surface area contributed by atoms with Gasteiger partial charge in [-0.2, -0.15) is 0 Å². The first-order chi connectivity index (χ1) is 6.07. The predicted octanol–water partition coefficient (Wildman–Crippen LogP) is 2.51. The van der Waals surface area contributed by atoms with Gasteiger partial charge in [0.2, 0.25) is 0 Å². The molecule has 0 aliphatic rings. The molecule has 0 aromatic rings. The average Bonchev–Trinajstić information content (AvgIpc) is 2.04. The van der Waals surface area contributed by atoms with Crippen molar-refractivity contribution < 1.29 is 4.79 Å². The second-order valence-corrected chi connectivity index (χ2v) is 4.15. The third kappa shape index (κ3) is 6.76. The molecular formula is C11H23NO. The van der Waals surface area contributed by atoms with Crippen LogP contribution < -0.4 is 5.73 Å². The molecule has 0 radical (unpaired) electrons. The van der Waals surface area contributed by atoms with Gasteiger partial charge in [-0.05, 0) is 18.8 Å². The van der Waals surface area contributed by atoms with Crippen LogP contribution in [0, 0.1) is 5.92 Å². The first kappa shape index (κ1) is 12.6. The highest BCUT2D eigenvalue weighted by molar-refractivity contribution is 5.83. The van der Waals surface area contributed by atoms with Crippen molar-refractivity contribution in [1.82, 2.24) is 0 Å². The van der Waals surface area contributed by atoms with E-state index in [1.54, 1.807) is 0 Å². The topological polar surface area (TPSA) is 43.1 Å². The van der Waals surface area contributed by atoms with Gasteiger partial charge in [-0.3, -0.25) is 4.79 Å². The van der Waals surface area contributed by atoms with Gasteiger partial charge in [-0.25, -0.2) is 0 Å². The highest BCUT2D eigenvalue weighted by atomic mass is 16.1. The van der Waals surface area contributed by atoms with Crippen LogP contribution in [0.3, 0.4) is 0 Å². The maximum atomic E-state index is 11.4. The van der Waals surface area contributed by atoms with Gasteiger partial charge in [0, 0.05) is 6.42 Å². The van der Waals surface area contributed by atoms with Crippen LogP contribution in [0.1, 0.15) is 52.9 Å². The Hall–Kier alpha value is -0.370. The number of hydrogen-bond acceptors (Lipinski definition) is 2. The number of ketones is 1. The molecule has 0 spiro atoms. The Balaban J connectivity index is 3.50. The standard InChI is InChI=1S/C11H23NO/c1-4-6-10(12)11(13)8-5-7-9(2)3/h9-10H,4-8,12H2,1-3H3. The minimum absolute atomic E-state index is 0.211. The van der Waals surface area contributed by atoms with Crippen LogP contribution in [0.2, 0.25) is 0 Å². The SMILES string of the molecule is CCCC(N)C(=O)CCCC(C)C. The van der Waals surface area contributed by atoms with Crippen LogP contribution in [0.15, 0.2) is 0 Å². The van der Waals surface area contributed by atoms with Crippen molar-refractivity contribution in [3.63, 3.8) is 0 Å². The molecule has 0 fully saturated rings. The molecule has 78 valence electrons. The highest BCUT2D eigenvalue weighted by Gasteiger charge is 2.11. The summed E-state index contributed by atoms with van der Waals surface area (Å²) in [6, 6.07) is -0.211. The Kier molecular flexibility index (Phi) is 6.87. The van der Waals surface area contributed by atoms with Gasteiger partial charge >= 0.3 is 0 Å². The molecule has 2 N–H and O–H groups in total. The zero-order valence-electron chi connectivity index (χ0n) is 9.18. The zero-order valence-corrected chi connectivity index (χ0v) is 9.18. The van der Waals surface area contributed by atoms with E-state index in [0.717, 1.165) is 25.7 Å². The minimum atomic E-state index is -0.211. The van der Waals surface area contributed by atoms with Gasteiger partial charge in [-0.15, -0.1) is 0 Å². The zero-order chi connectivity index (χ0) is 10.3. The number of Topliss-reactive ketones (excluding diaryl/α,β-unsaturated/α-hetero) is 1. The molecule has 0 bridgehead atoms. The average molecular weight is 185 g/mol. The van der Waals surface area contributed by atoms with Crippen molar-refractivity contribution >= 4 is 5.78 Å². The summed E-state index contributed by atoms with van der Waals surface area (Å²) in [6.45, 7) is 6.41. The van der Waals surface area contributed by atoms with Crippen LogP contribution >= 0.6 is 0 Å². The summed E-state index contributed by atoms with van der Waals surface area (Å²) in [5, 5.41) is 0. The van der Waals surface area contributed by atoms with Crippen LogP contribution in [-0.4, -0.2) is 11.8 Å². The molecule has 13 heavy (non-hydrogen) atoms. The molecule has 1 atom stereocenters. The molecule has 0 rings (SSSR count). The third-order valence-corrected chi connectivity index (χ3v) is 2.22. The number of nitrogens with two attached hydrogens (primary N) is 1. The molecule has 0 aliphatic heterocycles. The largest absolute Gasteiger partial charge is 0.322 e. The monoisotopic (exact) mass is 185 g/mol. The number of hydrogen-bond donors (Lipinski definition) is 1. The van der Waals surface area contributed by atoms with E-state index in [4.69, 9.17) is 5.73 Å². The number of carbonyl (C=O) groups is 1. The van der Waals surface area contributed by atoms with Gasteiger partial charge in [-0.1, -0.05) is 33.6 Å². The lowest BCUT2D eigenvalue weighted by molar-refractivity contribution is -0.120. The van der Waals surface area contributed by atoms with E-state index in [9.17, 15) is 4.79 Å². The molecule has 0 aromatic carbocycles. The molecule has 0 aliphatic carbocycles. The van der Waals surface area contributed by atoms with Crippen LogP contribution in [0.5, 0.6) is 0 Å². The van der Waals surface area contributed by atoms with Crippen molar-refractivity contribution in [2.45, 2.75) is 58.9 Å². The fourth-order valence-electron chi connectivity index (χ4n) is 1.34. The Morgan fingerprint density at radius 3 is 2.38 bits per heavy atom. The normalized spacial score (nSPS) is 13.3. The van der Waals surface area contributed by atoms with Gasteiger partial charge in [0.05, 0.1) is 6.04 Å². The summed E-state index contributed by atoms with van der Waals surface area (Å²) >= 11 is 0. The maximum Gasteiger partial charge on any atom is 0.149 e. The van der Waals surface area contributed by atoms with E-state index >= 15 is 0 Å². The molecule has 0 saturated carbocycles. The summed E-state index contributed by atoms with van der Waals surface area (Å²) in [5.74, 6) is 0.928. The molecule has 2 heteroatoms. The third-order valence-electron chi connectivity index (χ3n) is 2.22. The van der Waals surface area contributed by atoms with Crippen molar-refractivity contribution in [3.8, 4) is 0 Å². The summed E-state index contributed by atoms with van der Waals surface area (Å²) in [7, 11) is 0. The lowest BCUT2D eigenvalue weighted by atomic mass is 10.0. The summed E-state index contributed by atoms with van der Waals surface area (Å²) in [5.41, 5.74) is 5.70. The molecular weight excluding hydrogens is 162 g/mol. The van der Waals surface area contributed by atoms with Crippen LogP contribution in [0.25, 0.3) is 0 Å². The Labute approximate surface area is 81.9 Å². The van der Waals surface area contributed by atoms with Gasteiger partial charge < -0.3 is 5.73 Å². The second kappa shape index (κ2) is 7.07. The highest BCUT2D eigenvalue weighted by Crippen LogP contribution is 2.08. The fraction of sp³-hybridized carbons (Fsp3) is 0.909. The molecule has 0 saturated heterocycles. The molecule has 2 nitrogen and oxygen atoms in total. The van der Waals surface area contributed by atoms with Gasteiger partial charge in [0.15, 0.2) is 0 Å². The Morgan fingerprint density at radius 1 is 1.31 bits per heavy atom. The van der Waals surface area contributed by atoms with Crippen LogP contribution in [-0.2, 0) is 4.79 Å².